The Balaban J connectivity index is 1.19. The molecule has 1 fully saturated rings. The summed E-state index contributed by atoms with van der Waals surface area (Å²) in [5.41, 5.74) is 4.53. The molecule has 0 spiro atoms. The standard InChI is InChI=1S/C53H71F2N5O9S/c1-2-3-4-5-6-7-8-9-10-11-12-13-14-18-26-58-52(66)41(20-17-19-25-57-48(64)22-16-15-21-47-50(56)42(32-70-47)59-33-61)60-51(65)34-23-24-35(36(27-34)53(67)68)49-37-28-39(54)43(62)30-45(37)69-46-31-44(63)40(55)29-38(46)49/h23-24,27-31,33,41-42,47,50,62H,2-22,25-26,32,56H2,1H3,(H,57,64)(H,58,66)(H,59,61)(H,60,65)(H,67,68). The third-order valence-electron chi connectivity index (χ3n) is 13.1. The first-order chi connectivity index (χ1) is 33.8. The molecule has 17 heteroatoms. The van der Waals surface area contributed by atoms with Gasteiger partial charge in [-0.15, -0.1) is 0 Å². The van der Waals surface area contributed by atoms with Crippen molar-refractivity contribution in [3.63, 3.8) is 0 Å². The molecular formula is C53H71F2N5O9S. The van der Waals surface area contributed by atoms with E-state index < -0.39 is 52.2 Å². The molecule has 4 amide bonds. The van der Waals surface area contributed by atoms with Gasteiger partial charge in [0.05, 0.1) is 11.6 Å². The number of thioether (sulfide) groups is 1. The number of nitrogens with one attached hydrogen (secondary N) is 4. The van der Waals surface area contributed by atoms with Crippen LogP contribution in [0.5, 0.6) is 5.75 Å². The molecule has 1 aliphatic carbocycles. The smallest absolute Gasteiger partial charge is 0.336 e. The van der Waals surface area contributed by atoms with Crippen molar-refractivity contribution < 1.29 is 47.4 Å². The topological polar surface area (TPSA) is 230 Å². The molecule has 3 aliphatic rings. The lowest BCUT2D eigenvalue weighted by Crippen LogP contribution is -2.47. The zero-order chi connectivity index (χ0) is 50.4. The van der Waals surface area contributed by atoms with E-state index in [9.17, 15) is 47.8 Å². The highest BCUT2D eigenvalue weighted by atomic mass is 32.2. The van der Waals surface area contributed by atoms with Gasteiger partial charge in [-0.3, -0.25) is 24.0 Å². The number of nitrogens with two attached hydrogens (primary N) is 1. The highest BCUT2D eigenvalue weighted by molar-refractivity contribution is 8.00. The lowest BCUT2D eigenvalue weighted by Gasteiger charge is -2.20. The highest BCUT2D eigenvalue weighted by Gasteiger charge is 2.33. The maximum Gasteiger partial charge on any atom is 0.336 e. The van der Waals surface area contributed by atoms with Crippen LogP contribution in [0.4, 0.5) is 8.78 Å². The second-order valence-electron chi connectivity index (χ2n) is 18.5. The third-order valence-corrected chi connectivity index (χ3v) is 14.7. The van der Waals surface area contributed by atoms with Crippen LogP contribution in [0, 0.1) is 11.6 Å². The minimum atomic E-state index is -1.48. The van der Waals surface area contributed by atoms with Crippen LogP contribution in [0.1, 0.15) is 162 Å². The molecule has 0 bridgehead atoms. The van der Waals surface area contributed by atoms with Crippen LogP contribution in [0.15, 0.2) is 51.7 Å². The average Bonchev–Trinajstić information content (AvgIpc) is 3.68. The Labute approximate surface area is 413 Å². The number of phenols is 1. The maximum absolute atomic E-state index is 14.8. The molecule has 4 unspecified atom stereocenters. The molecule has 14 nitrogen and oxygen atoms in total. The van der Waals surface area contributed by atoms with Crippen molar-refractivity contribution >= 4 is 52.8 Å². The van der Waals surface area contributed by atoms with Gasteiger partial charge >= 0.3 is 5.97 Å². The minimum absolute atomic E-state index is 0.0120. The van der Waals surface area contributed by atoms with Crippen molar-refractivity contribution in [3.8, 4) is 28.2 Å². The van der Waals surface area contributed by atoms with E-state index in [1.807, 2.05) is 0 Å². The molecule has 2 aliphatic heterocycles. The quantitative estimate of drug-likeness (QED) is 0.0138. The van der Waals surface area contributed by atoms with Crippen LogP contribution in [0.2, 0.25) is 0 Å². The monoisotopic (exact) mass is 991 g/mol. The zero-order valence-electron chi connectivity index (χ0n) is 40.4. The number of phenolic OH excluding ortho intramolecular Hbond substituents is 1. The number of carboxylic acid groups (broad SMARTS) is 1. The molecular weight excluding hydrogens is 921 g/mol. The fourth-order valence-corrected chi connectivity index (χ4v) is 10.6. The number of aromatic carboxylic acids is 1. The van der Waals surface area contributed by atoms with E-state index in [4.69, 9.17) is 10.2 Å². The summed E-state index contributed by atoms with van der Waals surface area (Å²) in [6.45, 7) is 3.01. The van der Waals surface area contributed by atoms with Gasteiger partial charge in [-0.1, -0.05) is 103 Å². The zero-order valence-corrected chi connectivity index (χ0v) is 41.2. The van der Waals surface area contributed by atoms with Crippen molar-refractivity contribution in [2.45, 2.75) is 165 Å². The summed E-state index contributed by atoms with van der Waals surface area (Å²) in [6, 6.07) is 6.18. The van der Waals surface area contributed by atoms with Crippen LogP contribution in [-0.2, 0) is 14.4 Å². The molecule has 4 atom stereocenters. The lowest BCUT2D eigenvalue weighted by molar-refractivity contribution is -0.123. The van der Waals surface area contributed by atoms with Crippen molar-refractivity contribution in [1.29, 1.82) is 0 Å². The molecule has 1 saturated heterocycles. The number of hydrogen-bond acceptors (Lipinski definition) is 10. The molecule has 8 N–H and O–H groups in total. The number of rotatable bonds is 32. The third kappa shape index (κ3) is 16.5. The minimum Gasteiger partial charge on any atom is -0.505 e. The first kappa shape index (κ1) is 55.4. The van der Waals surface area contributed by atoms with E-state index >= 15 is 0 Å². The van der Waals surface area contributed by atoms with Gasteiger partial charge in [0.2, 0.25) is 23.7 Å². The van der Waals surface area contributed by atoms with Gasteiger partial charge in [-0.25, -0.2) is 13.6 Å². The van der Waals surface area contributed by atoms with Gasteiger partial charge in [0.1, 0.15) is 17.4 Å². The summed E-state index contributed by atoms with van der Waals surface area (Å²) in [5, 5.41) is 32.2. The summed E-state index contributed by atoms with van der Waals surface area (Å²) in [4.78, 5) is 76.1. The van der Waals surface area contributed by atoms with E-state index in [1.165, 1.54) is 76.3 Å². The molecule has 2 heterocycles. The number of hydrogen-bond donors (Lipinski definition) is 7. The first-order valence-corrected chi connectivity index (χ1v) is 26.3. The van der Waals surface area contributed by atoms with E-state index in [2.05, 4.69) is 28.2 Å². The Morgan fingerprint density at radius 2 is 1.47 bits per heavy atom. The number of carboxylic acids is 1. The molecule has 0 aromatic heterocycles. The number of fused-ring (bicyclic) bond motifs is 2. The van der Waals surface area contributed by atoms with E-state index in [0.29, 0.717) is 45.2 Å². The fraction of sp³-hybridized carbons (Fsp3) is 0.547. The number of aromatic hydroxyl groups is 1. The number of unbranched alkanes of at least 4 members (excludes halogenated alkanes) is 15. The summed E-state index contributed by atoms with van der Waals surface area (Å²) in [5.74, 6) is -5.07. The normalized spacial score (nSPS) is 16.0. The lowest BCUT2D eigenvalue weighted by atomic mass is 9.89. The Kier molecular flexibility index (Phi) is 22.9. The second-order valence-corrected chi connectivity index (χ2v) is 19.7. The van der Waals surface area contributed by atoms with Gasteiger partial charge in [0, 0.05) is 70.8 Å². The largest absolute Gasteiger partial charge is 0.505 e. The maximum atomic E-state index is 14.8. The summed E-state index contributed by atoms with van der Waals surface area (Å²) >= 11 is 1.74. The van der Waals surface area contributed by atoms with Crippen LogP contribution in [-0.4, -0.2) is 82.5 Å². The molecule has 2 aromatic carbocycles. The Bertz CT molecular complexity index is 2400. The number of benzene rings is 3. The SMILES string of the molecule is CCCCCCCCCCCCCCCCNC(=O)C(CCCCNC(=O)CCCCC1SCC(NC=O)C1N)NC(=O)c1ccc(-c2c3cc(F)c(=O)cc-3oc3cc(O)c(F)cc23)c(C(=O)O)c1. The molecule has 5 rings (SSSR count). The van der Waals surface area contributed by atoms with Gasteiger partial charge < -0.3 is 41.6 Å². The second kappa shape index (κ2) is 29.0. The molecule has 0 radical (unpaired) electrons. The molecule has 382 valence electrons. The molecule has 0 saturated carbocycles. The number of carbonyl (C=O) groups excluding carboxylic acids is 4. The van der Waals surface area contributed by atoms with Crippen molar-refractivity contribution in [3.05, 3.63) is 75.4 Å². The summed E-state index contributed by atoms with van der Waals surface area (Å²) in [6.07, 6.45) is 21.4. The van der Waals surface area contributed by atoms with Crippen molar-refractivity contribution in [2.24, 2.45) is 5.73 Å². The van der Waals surface area contributed by atoms with Crippen molar-refractivity contribution in [1.82, 2.24) is 21.3 Å². The highest BCUT2D eigenvalue weighted by Crippen LogP contribution is 2.43. The molecule has 70 heavy (non-hydrogen) atoms. The van der Waals surface area contributed by atoms with Gasteiger partial charge in [0.25, 0.3) is 5.91 Å². The van der Waals surface area contributed by atoms with Crippen LogP contribution in [0.3, 0.4) is 0 Å². The van der Waals surface area contributed by atoms with E-state index in [0.717, 1.165) is 74.6 Å². The number of halogens is 2. The summed E-state index contributed by atoms with van der Waals surface area (Å²) < 4.78 is 35.3. The predicted molar refractivity (Wildman–Crippen MR) is 270 cm³/mol. The van der Waals surface area contributed by atoms with Gasteiger partial charge in [0.15, 0.2) is 17.4 Å². The van der Waals surface area contributed by atoms with E-state index in [1.54, 1.807) is 11.8 Å². The molecule has 2 aromatic rings. The summed E-state index contributed by atoms with van der Waals surface area (Å²) in [7, 11) is 0. The van der Waals surface area contributed by atoms with Crippen LogP contribution < -0.4 is 32.4 Å². The Hall–Kier alpha value is -5.55. The van der Waals surface area contributed by atoms with E-state index in [-0.39, 0.29) is 68.6 Å². The van der Waals surface area contributed by atoms with Crippen LogP contribution in [0.25, 0.3) is 33.4 Å². The number of carbonyl (C=O) groups is 5. The average molecular weight is 992 g/mol. The first-order valence-electron chi connectivity index (χ1n) is 25.2. The van der Waals surface area contributed by atoms with Gasteiger partial charge in [-0.2, -0.15) is 11.8 Å². The Morgan fingerprint density at radius 3 is 2.14 bits per heavy atom. The fourth-order valence-electron chi connectivity index (χ4n) is 9.09. The van der Waals surface area contributed by atoms with Crippen LogP contribution >= 0.6 is 11.8 Å². The Morgan fingerprint density at radius 1 is 0.814 bits per heavy atom. The number of amides is 4. The van der Waals surface area contributed by atoms with Gasteiger partial charge in [-0.05, 0) is 68.4 Å². The predicted octanol–water partition coefficient (Wildman–Crippen LogP) is 9.35. The van der Waals surface area contributed by atoms with Crippen molar-refractivity contribution in [2.75, 3.05) is 18.8 Å².